The molecule has 1 aromatic heterocycles. The number of hydrogen-bond acceptors (Lipinski definition) is 5. The molecule has 0 saturated carbocycles. The predicted octanol–water partition coefficient (Wildman–Crippen LogP) is 0.948. The summed E-state index contributed by atoms with van der Waals surface area (Å²) in [4.78, 5) is 19.9. The number of amides is 1. The highest BCUT2D eigenvalue weighted by Gasteiger charge is 2.18. The molecule has 0 aliphatic rings. The molecule has 4 N–H and O–H groups in total. The molecule has 1 atom stereocenters. The number of nitrogen functional groups attached to an aromatic ring is 1. The summed E-state index contributed by atoms with van der Waals surface area (Å²) in [6, 6.07) is -0.292. The molecule has 1 aromatic rings. The monoisotopic (exact) mass is 251 g/mol. The summed E-state index contributed by atoms with van der Waals surface area (Å²) in [5, 5.41) is 5.79. The van der Waals surface area contributed by atoms with E-state index in [-0.39, 0.29) is 17.9 Å². The smallest absolute Gasteiger partial charge is 0.242 e. The average Bonchev–Trinajstić information content (AvgIpc) is 2.37. The van der Waals surface area contributed by atoms with Crippen LogP contribution in [0.4, 0.5) is 11.8 Å². The van der Waals surface area contributed by atoms with Crippen molar-refractivity contribution in [1.82, 2.24) is 15.3 Å². The first kappa shape index (κ1) is 14.2. The summed E-state index contributed by atoms with van der Waals surface area (Å²) in [5.74, 6) is 0.810. The molecule has 18 heavy (non-hydrogen) atoms. The minimum Gasteiger partial charge on any atom is -0.368 e. The fraction of sp³-hybridized carbons (Fsp3) is 0.583. The lowest BCUT2D eigenvalue weighted by Gasteiger charge is -2.18. The first-order valence-corrected chi connectivity index (χ1v) is 6.21. The normalized spacial score (nSPS) is 11.9. The largest absolute Gasteiger partial charge is 0.368 e. The number of nitrogens with zero attached hydrogens (tertiary/aromatic N) is 2. The molecule has 0 spiro atoms. The molecule has 0 saturated heterocycles. The number of carbonyl (C=O) groups excluding carboxylic acids is 1. The third kappa shape index (κ3) is 3.58. The Labute approximate surface area is 107 Å². The van der Waals surface area contributed by atoms with Gasteiger partial charge in [-0.2, -0.15) is 4.98 Å². The van der Waals surface area contributed by atoms with Gasteiger partial charge in [0, 0.05) is 18.8 Å². The Hall–Kier alpha value is -1.85. The van der Waals surface area contributed by atoms with E-state index in [0.29, 0.717) is 5.82 Å². The van der Waals surface area contributed by atoms with Gasteiger partial charge in [-0.1, -0.05) is 20.3 Å². The van der Waals surface area contributed by atoms with Crippen LogP contribution in [0.2, 0.25) is 0 Å². The van der Waals surface area contributed by atoms with Crippen LogP contribution in [0, 0.1) is 0 Å². The maximum absolute atomic E-state index is 11.7. The van der Waals surface area contributed by atoms with E-state index < -0.39 is 0 Å². The molecule has 1 amide bonds. The third-order valence-corrected chi connectivity index (χ3v) is 2.72. The van der Waals surface area contributed by atoms with Crippen LogP contribution in [0.3, 0.4) is 0 Å². The SMILES string of the molecule is CCCC(Nc1nc(N)ncc1CC)C(=O)NC. The zero-order valence-electron chi connectivity index (χ0n) is 11.2. The number of nitrogens with one attached hydrogen (secondary N) is 2. The second kappa shape index (κ2) is 6.78. The van der Waals surface area contributed by atoms with Crippen LogP contribution in [-0.4, -0.2) is 29.0 Å². The first-order chi connectivity index (χ1) is 8.62. The second-order valence-electron chi connectivity index (χ2n) is 4.06. The Morgan fingerprint density at radius 1 is 1.50 bits per heavy atom. The highest BCUT2D eigenvalue weighted by molar-refractivity contribution is 5.84. The van der Waals surface area contributed by atoms with E-state index in [0.717, 1.165) is 24.8 Å². The second-order valence-corrected chi connectivity index (χ2v) is 4.06. The number of anilines is 2. The zero-order chi connectivity index (χ0) is 13.5. The number of carbonyl (C=O) groups is 1. The van der Waals surface area contributed by atoms with Crippen LogP contribution in [-0.2, 0) is 11.2 Å². The fourth-order valence-electron chi connectivity index (χ4n) is 1.70. The molecule has 0 aromatic carbocycles. The van der Waals surface area contributed by atoms with E-state index >= 15 is 0 Å². The van der Waals surface area contributed by atoms with Crippen LogP contribution in [0.5, 0.6) is 0 Å². The summed E-state index contributed by atoms with van der Waals surface area (Å²) >= 11 is 0. The lowest BCUT2D eigenvalue weighted by Crippen LogP contribution is -2.38. The van der Waals surface area contributed by atoms with Gasteiger partial charge in [0.15, 0.2) is 0 Å². The van der Waals surface area contributed by atoms with Gasteiger partial charge in [0.25, 0.3) is 0 Å². The molecular weight excluding hydrogens is 230 g/mol. The van der Waals surface area contributed by atoms with Crippen molar-refractivity contribution in [2.75, 3.05) is 18.1 Å². The lowest BCUT2D eigenvalue weighted by atomic mass is 10.1. The van der Waals surface area contributed by atoms with Crippen molar-refractivity contribution < 1.29 is 4.79 Å². The maximum atomic E-state index is 11.7. The summed E-state index contributed by atoms with van der Waals surface area (Å²) in [5.41, 5.74) is 6.53. The van der Waals surface area contributed by atoms with Gasteiger partial charge in [0.1, 0.15) is 11.9 Å². The van der Waals surface area contributed by atoms with E-state index in [2.05, 4.69) is 20.6 Å². The average molecular weight is 251 g/mol. The highest BCUT2D eigenvalue weighted by Crippen LogP contribution is 2.15. The molecule has 100 valence electrons. The van der Waals surface area contributed by atoms with Gasteiger partial charge in [-0.25, -0.2) is 4.98 Å². The fourth-order valence-corrected chi connectivity index (χ4v) is 1.70. The molecule has 0 aliphatic heterocycles. The summed E-state index contributed by atoms with van der Waals surface area (Å²) in [6.07, 6.45) is 4.13. The third-order valence-electron chi connectivity index (χ3n) is 2.72. The Bertz CT molecular complexity index is 407. The van der Waals surface area contributed by atoms with Gasteiger partial charge < -0.3 is 16.4 Å². The Kier molecular flexibility index (Phi) is 5.35. The number of aromatic nitrogens is 2. The van der Waals surface area contributed by atoms with Crippen molar-refractivity contribution >= 4 is 17.7 Å². The molecule has 1 rings (SSSR count). The van der Waals surface area contributed by atoms with E-state index in [1.54, 1.807) is 13.2 Å². The predicted molar refractivity (Wildman–Crippen MR) is 72.2 cm³/mol. The molecule has 0 aliphatic carbocycles. The van der Waals surface area contributed by atoms with Crippen LogP contribution in [0.1, 0.15) is 32.3 Å². The van der Waals surface area contributed by atoms with Crippen molar-refractivity contribution in [3.8, 4) is 0 Å². The first-order valence-electron chi connectivity index (χ1n) is 6.21. The zero-order valence-corrected chi connectivity index (χ0v) is 11.2. The summed E-state index contributed by atoms with van der Waals surface area (Å²) in [7, 11) is 1.63. The minimum absolute atomic E-state index is 0.0453. The molecule has 6 nitrogen and oxygen atoms in total. The number of aryl methyl sites for hydroxylation is 1. The van der Waals surface area contributed by atoms with Crippen LogP contribution < -0.4 is 16.4 Å². The summed E-state index contributed by atoms with van der Waals surface area (Å²) < 4.78 is 0. The van der Waals surface area contributed by atoms with Gasteiger partial charge in [0.2, 0.25) is 11.9 Å². The molecule has 0 radical (unpaired) electrons. The maximum Gasteiger partial charge on any atom is 0.242 e. The topological polar surface area (TPSA) is 92.9 Å². The van der Waals surface area contributed by atoms with E-state index in [1.165, 1.54) is 0 Å². The van der Waals surface area contributed by atoms with Crippen LogP contribution in [0.15, 0.2) is 6.20 Å². The number of nitrogens with two attached hydrogens (primary N) is 1. The lowest BCUT2D eigenvalue weighted by molar-refractivity contribution is -0.121. The van der Waals surface area contributed by atoms with Crippen molar-refractivity contribution in [2.24, 2.45) is 0 Å². The van der Waals surface area contributed by atoms with Crippen LogP contribution >= 0.6 is 0 Å². The number of likely N-dealkylation sites (N-methyl/N-ethyl adjacent to an activating group) is 1. The summed E-state index contributed by atoms with van der Waals surface area (Å²) in [6.45, 7) is 4.04. The number of rotatable bonds is 6. The van der Waals surface area contributed by atoms with Gasteiger partial charge >= 0.3 is 0 Å². The Morgan fingerprint density at radius 2 is 2.22 bits per heavy atom. The molecular formula is C12H21N5O. The van der Waals surface area contributed by atoms with Gasteiger partial charge in [-0.05, 0) is 12.8 Å². The number of hydrogen-bond donors (Lipinski definition) is 3. The molecule has 0 fully saturated rings. The molecule has 0 bridgehead atoms. The molecule has 1 heterocycles. The highest BCUT2D eigenvalue weighted by atomic mass is 16.2. The van der Waals surface area contributed by atoms with Crippen molar-refractivity contribution in [3.05, 3.63) is 11.8 Å². The molecule has 6 heteroatoms. The Morgan fingerprint density at radius 3 is 2.78 bits per heavy atom. The van der Waals surface area contributed by atoms with E-state index in [9.17, 15) is 4.79 Å². The van der Waals surface area contributed by atoms with E-state index in [4.69, 9.17) is 5.73 Å². The van der Waals surface area contributed by atoms with Gasteiger partial charge in [0.05, 0.1) is 0 Å². The van der Waals surface area contributed by atoms with E-state index in [1.807, 2.05) is 13.8 Å². The Balaban J connectivity index is 2.91. The molecule has 1 unspecified atom stereocenters. The standard InChI is InChI=1S/C12H21N5O/c1-4-6-9(11(18)14-3)16-10-8(5-2)7-15-12(13)17-10/h7,9H,4-6H2,1-3H3,(H,14,18)(H3,13,15,16,17). The van der Waals surface area contributed by atoms with Crippen molar-refractivity contribution in [2.45, 2.75) is 39.2 Å². The minimum atomic E-state index is -0.292. The quantitative estimate of drug-likeness (QED) is 0.700. The van der Waals surface area contributed by atoms with Gasteiger partial charge in [-0.3, -0.25) is 4.79 Å². The van der Waals surface area contributed by atoms with Crippen LogP contribution in [0.25, 0.3) is 0 Å². The van der Waals surface area contributed by atoms with Gasteiger partial charge in [-0.15, -0.1) is 0 Å². The van der Waals surface area contributed by atoms with Crippen molar-refractivity contribution in [1.29, 1.82) is 0 Å². The van der Waals surface area contributed by atoms with Crippen molar-refractivity contribution in [3.63, 3.8) is 0 Å².